The number of nitrogens with zero attached hydrogens (tertiary/aromatic N) is 2. The number of aryl methyl sites for hydroxylation is 1. The molecule has 1 fully saturated rings. The van der Waals surface area contributed by atoms with E-state index in [-0.39, 0.29) is 29.2 Å². The lowest BCUT2D eigenvalue weighted by molar-refractivity contribution is -0.169. The molecule has 1 saturated carbocycles. The lowest BCUT2D eigenvalue weighted by Gasteiger charge is -2.27. The van der Waals surface area contributed by atoms with Gasteiger partial charge in [0.2, 0.25) is 0 Å². The van der Waals surface area contributed by atoms with Crippen molar-refractivity contribution in [2.45, 2.75) is 70.7 Å². The number of benzene rings is 1. The van der Waals surface area contributed by atoms with Crippen LogP contribution in [0, 0.1) is 18.8 Å². The Morgan fingerprint density at radius 2 is 1.89 bits per heavy atom. The molecule has 1 N–H and O–H groups in total. The van der Waals surface area contributed by atoms with Gasteiger partial charge in [-0.05, 0) is 62.6 Å². The number of methoxy groups -OCH3 is 1. The van der Waals surface area contributed by atoms with Crippen LogP contribution in [0.5, 0.6) is 5.75 Å². The molecule has 0 saturated heterocycles. The van der Waals surface area contributed by atoms with Gasteiger partial charge in [0.05, 0.1) is 29.7 Å². The molecule has 1 atom stereocenters. The van der Waals surface area contributed by atoms with Gasteiger partial charge in [0.25, 0.3) is 5.91 Å². The summed E-state index contributed by atoms with van der Waals surface area (Å²) >= 11 is 0. The van der Waals surface area contributed by atoms with Gasteiger partial charge in [-0.3, -0.25) is 9.36 Å². The summed E-state index contributed by atoms with van der Waals surface area (Å²) in [5, 5.41) is 2.65. The molecule has 206 valence electrons. The van der Waals surface area contributed by atoms with E-state index < -0.39 is 21.9 Å². The fraction of sp³-hybridized carbons (Fsp3) is 0.615. The van der Waals surface area contributed by atoms with Gasteiger partial charge < -0.3 is 10.1 Å². The number of carbonyl (C=O) groups is 1. The molecule has 3 rings (SSSR count). The van der Waals surface area contributed by atoms with Gasteiger partial charge in [0.1, 0.15) is 27.1 Å². The summed E-state index contributed by atoms with van der Waals surface area (Å²) in [6.45, 7) is 5.28. The maximum atomic E-state index is 13.0. The molecule has 0 spiro atoms. The van der Waals surface area contributed by atoms with Gasteiger partial charge in [-0.2, -0.15) is 13.2 Å². The zero-order chi connectivity index (χ0) is 27.5. The number of amides is 1. The quantitative estimate of drug-likeness (QED) is 0.490. The number of sulfone groups is 1. The van der Waals surface area contributed by atoms with E-state index >= 15 is 0 Å². The first kappa shape index (κ1) is 29.0. The summed E-state index contributed by atoms with van der Waals surface area (Å²) in [7, 11) is -1.58. The van der Waals surface area contributed by atoms with Crippen LogP contribution in [0.15, 0.2) is 18.2 Å². The average molecular weight is 544 g/mol. The number of alkyl halides is 3. The number of nitrogens with one attached hydrogen (secondary N) is 1. The van der Waals surface area contributed by atoms with E-state index in [1.165, 1.54) is 13.4 Å². The Kier molecular flexibility index (Phi) is 8.97. The van der Waals surface area contributed by atoms with E-state index in [1.807, 2.05) is 11.5 Å². The van der Waals surface area contributed by atoms with Crippen LogP contribution < -0.4 is 10.1 Å². The first-order chi connectivity index (χ1) is 17.3. The third kappa shape index (κ3) is 6.86. The fourth-order valence-corrected chi connectivity index (χ4v) is 6.05. The van der Waals surface area contributed by atoms with Crippen LogP contribution in [0.3, 0.4) is 0 Å². The van der Waals surface area contributed by atoms with Crippen LogP contribution in [0.2, 0.25) is 0 Å². The summed E-state index contributed by atoms with van der Waals surface area (Å²) in [6, 6.07) is 4.95. The first-order valence-electron chi connectivity index (χ1n) is 12.6. The topological polar surface area (TPSA) is 90.3 Å². The number of carbonyl (C=O) groups excluding carboxylic acids is 1. The van der Waals surface area contributed by atoms with Gasteiger partial charge in [0.15, 0.2) is 0 Å². The minimum Gasteiger partial charge on any atom is -0.495 e. The van der Waals surface area contributed by atoms with Crippen molar-refractivity contribution in [1.29, 1.82) is 0 Å². The van der Waals surface area contributed by atoms with Crippen molar-refractivity contribution in [1.82, 2.24) is 14.9 Å². The molecule has 2 aromatic rings. The van der Waals surface area contributed by atoms with Crippen molar-refractivity contribution < 1.29 is 31.1 Å². The summed E-state index contributed by atoms with van der Waals surface area (Å²) in [5.41, 5.74) is 1.99. The highest BCUT2D eigenvalue weighted by atomic mass is 32.2. The second-order valence-electron chi connectivity index (χ2n) is 9.99. The van der Waals surface area contributed by atoms with E-state index in [0.717, 1.165) is 19.8 Å². The molecule has 0 radical (unpaired) electrons. The monoisotopic (exact) mass is 543 g/mol. The molecule has 1 aromatic heterocycles. The summed E-state index contributed by atoms with van der Waals surface area (Å²) < 4.78 is 70.0. The molecule has 1 heterocycles. The SMILES string of the molecule is CCc1nc(C(=O)NC[C@H]2CC[C@@H](S(C)(=O)=O)CC2)c(C)n1-c1ccc(CC(C)C(F)(F)F)cc1OC. The van der Waals surface area contributed by atoms with Crippen molar-refractivity contribution in [3.63, 3.8) is 0 Å². The highest BCUT2D eigenvalue weighted by molar-refractivity contribution is 7.91. The van der Waals surface area contributed by atoms with Crippen LogP contribution >= 0.6 is 0 Å². The van der Waals surface area contributed by atoms with Crippen molar-refractivity contribution >= 4 is 15.7 Å². The molecule has 1 aliphatic rings. The predicted octanol–water partition coefficient (Wildman–Crippen LogP) is 4.83. The second-order valence-corrected chi connectivity index (χ2v) is 12.3. The number of halogens is 3. The van der Waals surface area contributed by atoms with Gasteiger partial charge >= 0.3 is 6.18 Å². The highest BCUT2D eigenvalue weighted by Crippen LogP contribution is 2.33. The molecular weight excluding hydrogens is 507 g/mol. The van der Waals surface area contributed by atoms with Crippen molar-refractivity contribution in [3.8, 4) is 11.4 Å². The lowest BCUT2D eigenvalue weighted by Crippen LogP contribution is -2.34. The minimum atomic E-state index is -4.28. The molecule has 7 nitrogen and oxygen atoms in total. The van der Waals surface area contributed by atoms with Crippen LogP contribution in [0.1, 0.15) is 67.1 Å². The molecule has 0 bridgehead atoms. The fourth-order valence-electron chi connectivity index (χ4n) is 4.92. The zero-order valence-corrected chi connectivity index (χ0v) is 22.8. The number of ether oxygens (including phenoxy) is 1. The van der Waals surface area contributed by atoms with Crippen LogP contribution in [-0.2, 0) is 22.7 Å². The molecule has 37 heavy (non-hydrogen) atoms. The van der Waals surface area contributed by atoms with Gasteiger partial charge in [-0.15, -0.1) is 0 Å². The Morgan fingerprint density at radius 1 is 1.24 bits per heavy atom. The Hall–Kier alpha value is -2.56. The Balaban J connectivity index is 1.78. The highest BCUT2D eigenvalue weighted by Gasteiger charge is 2.36. The third-order valence-corrected chi connectivity index (χ3v) is 8.93. The largest absolute Gasteiger partial charge is 0.495 e. The smallest absolute Gasteiger partial charge is 0.391 e. The van der Waals surface area contributed by atoms with E-state index in [0.29, 0.717) is 54.3 Å². The van der Waals surface area contributed by atoms with Crippen molar-refractivity contribution in [2.75, 3.05) is 19.9 Å². The van der Waals surface area contributed by atoms with E-state index in [2.05, 4.69) is 10.3 Å². The normalized spacial score (nSPS) is 19.5. The maximum Gasteiger partial charge on any atom is 0.391 e. The summed E-state index contributed by atoms with van der Waals surface area (Å²) in [4.78, 5) is 17.6. The number of hydrogen-bond donors (Lipinski definition) is 1. The number of imidazole rings is 1. The summed E-state index contributed by atoms with van der Waals surface area (Å²) in [5.74, 6) is -0.559. The predicted molar refractivity (Wildman–Crippen MR) is 136 cm³/mol. The van der Waals surface area contributed by atoms with Gasteiger partial charge in [0, 0.05) is 19.2 Å². The van der Waals surface area contributed by atoms with Crippen LogP contribution in [0.4, 0.5) is 13.2 Å². The Labute approximate surface area is 216 Å². The molecule has 11 heteroatoms. The Morgan fingerprint density at radius 3 is 2.43 bits per heavy atom. The number of aromatic nitrogens is 2. The van der Waals surface area contributed by atoms with Gasteiger partial charge in [-0.25, -0.2) is 13.4 Å². The number of rotatable bonds is 9. The first-order valence-corrected chi connectivity index (χ1v) is 14.5. The van der Waals surface area contributed by atoms with E-state index in [1.54, 1.807) is 25.1 Å². The molecule has 0 aliphatic heterocycles. The Bertz CT molecular complexity index is 1220. The van der Waals surface area contributed by atoms with Crippen LogP contribution in [0.25, 0.3) is 5.69 Å². The molecule has 1 aromatic carbocycles. The summed E-state index contributed by atoms with van der Waals surface area (Å²) in [6.07, 6.45) is 0.0375. The van der Waals surface area contributed by atoms with Crippen molar-refractivity contribution in [3.05, 3.63) is 41.0 Å². The second kappa shape index (κ2) is 11.4. The lowest BCUT2D eigenvalue weighted by atomic mass is 9.89. The van der Waals surface area contributed by atoms with Gasteiger partial charge in [-0.1, -0.05) is 19.9 Å². The minimum absolute atomic E-state index is 0.163. The molecule has 1 amide bonds. The molecule has 1 unspecified atom stereocenters. The zero-order valence-electron chi connectivity index (χ0n) is 22.0. The third-order valence-electron chi connectivity index (χ3n) is 7.24. The standard InChI is InChI=1S/C26H36F3N3O4S/c1-6-23-31-24(25(33)30-15-18-7-10-20(11-8-18)37(5,34)35)17(3)32(23)21-12-9-19(14-22(21)36-4)13-16(2)26(27,28)29/h9,12,14,16,18,20H,6-8,10-11,13,15H2,1-5H3,(H,30,33)/t16?,18-,20+. The van der Waals surface area contributed by atoms with E-state index in [4.69, 9.17) is 4.74 Å². The molecular formula is C26H36F3N3O4S. The van der Waals surface area contributed by atoms with Crippen LogP contribution in [-0.4, -0.2) is 55.2 Å². The van der Waals surface area contributed by atoms with Crippen molar-refractivity contribution in [2.24, 2.45) is 11.8 Å². The van der Waals surface area contributed by atoms with E-state index in [9.17, 15) is 26.4 Å². The molecule has 1 aliphatic carbocycles. The maximum absolute atomic E-state index is 13.0. The number of hydrogen-bond acceptors (Lipinski definition) is 5. The average Bonchev–Trinajstić information content (AvgIpc) is 3.17.